The molecule has 18 heavy (non-hydrogen) atoms. The molecule has 1 unspecified atom stereocenters. The number of hydrogen-bond donors (Lipinski definition) is 1. The van der Waals surface area contributed by atoms with Crippen LogP contribution in [-0.2, 0) is 0 Å². The minimum Gasteiger partial charge on any atom is -0.496 e. The fourth-order valence-electron chi connectivity index (χ4n) is 1.96. The van der Waals surface area contributed by atoms with Crippen molar-refractivity contribution in [2.24, 2.45) is 0 Å². The van der Waals surface area contributed by atoms with E-state index in [2.05, 4.69) is 25.2 Å². The van der Waals surface area contributed by atoms with Crippen LogP contribution in [0, 0.1) is 13.8 Å². The quantitative estimate of drug-likeness (QED) is 0.895. The van der Waals surface area contributed by atoms with E-state index in [1.807, 2.05) is 18.4 Å². The van der Waals surface area contributed by atoms with Gasteiger partial charge in [-0.15, -0.1) is 11.3 Å². The Balaban J connectivity index is 2.39. The normalized spacial score (nSPS) is 12.7. The Bertz CT molecular complexity index is 496. The van der Waals surface area contributed by atoms with Gasteiger partial charge in [-0.25, -0.2) is 0 Å². The summed E-state index contributed by atoms with van der Waals surface area (Å²) in [6.45, 7) is 7.03. The average Bonchev–Trinajstić information content (AvgIpc) is 2.94. The Morgan fingerprint density at radius 2 is 2.22 bits per heavy atom. The SMILES string of the molecule is CCNC(c1cc(C)c(C)o1)c1sccc1OC. The molecule has 1 atom stereocenters. The lowest BCUT2D eigenvalue weighted by Crippen LogP contribution is -2.21. The van der Waals surface area contributed by atoms with E-state index in [4.69, 9.17) is 9.15 Å². The molecule has 0 fully saturated rings. The summed E-state index contributed by atoms with van der Waals surface area (Å²) >= 11 is 1.68. The fourth-order valence-corrected chi connectivity index (χ4v) is 2.90. The third-order valence-corrected chi connectivity index (χ3v) is 3.98. The van der Waals surface area contributed by atoms with E-state index in [0.717, 1.165) is 28.7 Å². The second-order valence-corrected chi connectivity index (χ2v) is 5.18. The van der Waals surface area contributed by atoms with Gasteiger partial charge in [0.05, 0.1) is 12.0 Å². The molecular formula is C14H19NO2S. The Morgan fingerprint density at radius 1 is 1.44 bits per heavy atom. The van der Waals surface area contributed by atoms with Gasteiger partial charge < -0.3 is 14.5 Å². The molecule has 0 spiro atoms. The molecule has 3 nitrogen and oxygen atoms in total. The zero-order valence-electron chi connectivity index (χ0n) is 11.2. The van der Waals surface area contributed by atoms with Crippen molar-refractivity contribution in [2.45, 2.75) is 26.8 Å². The maximum Gasteiger partial charge on any atom is 0.134 e. The van der Waals surface area contributed by atoms with E-state index in [9.17, 15) is 0 Å². The predicted octanol–water partition coefficient (Wildman–Crippen LogP) is 3.67. The van der Waals surface area contributed by atoms with Crippen LogP contribution in [0.1, 0.15) is 34.9 Å². The fraction of sp³-hybridized carbons (Fsp3) is 0.429. The maximum atomic E-state index is 5.84. The lowest BCUT2D eigenvalue weighted by Gasteiger charge is -2.15. The highest BCUT2D eigenvalue weighted by molar-refractivity contribution is 7.10. The van der Waals surface area contributed by atoms with Gasteiger partial charge in [-0.3, -0.25) is 0 Å². The highest BCUT2D eigenvalue weighted by Crippen LogP contribution is 2.35. The van der Waals surface area contributed by atoms with Crippen LogP contribution in [0.4, 0.5) is 0 Å². The molecule has 0 aliphatic rings. The van der Waals surface area contributed by atoms with Gasteiger partial charge in [0.25, 0.3) is 0 Å². The van der Waals surface area contributed by atoms with Crippen molar-refractivity contribution in [2.75, 3.05) is 13.7 Å². The zero-order chi connectivity index (χ0) is 13.1. The van der Waals surface area contributed by atoms with Gasteiger partial charge in [0.2, 0.25) is 0 Å². The first-order chi connectivity index (χ1) is 8.67. The Labute approximate surface area is 112 Å². The van der Waals surface area contributed by atoms with Gasteiger partial charge in [0, 0.05) is 0 Å². The number of hydrogen-bond acceptors (Lipinski definition) is 4. The summed E-state index contributed by atoms with van der Waals surface area (Å²) < 4.78 is 11.2. The van der Waals surface area contributed by atoms with Crippen LogP contribution in [0.3, 0.4) is 0 Å². The molecule has 98 valence electrons. The number of rotatable bonds is 5. The largest absolute Gasteiger partial charge is 0.496 e. The van der Waals surface area contributed by atoms with E-state index in [0.29, 0.717) is 0 Å². The molecule has 0 aromatic carbocycles. The Hall–Kier alpha value is -1.26. The van der Waals surface area contributed by atoms with Crippen LogP contribution in [0.2, 0.25) is 0 Å². The van der Waals surface area contributed by atoms with Gasteiger partial charge in [-0.2, -0.15) is 0 Å². The minimum absolute atomic E-state index is 0.0670. The smallest absolute Gasteiger partial charge is 0.134 e. The Morgan fingerprint density at radius 3 is 2.78 bits per heavy atom. The van der Waals surface area contributed by atoms with Crippen molar-refractivity contribution in [1.82, 2.24) is 5.32 Å². The first kappa shape index (κ1) is 13.2. The molecule has 0 amide bonds. The minimum atomic E-state index is 0.0670. The first-order valence-corrected chi connectivity index (χ1v) is 6.97. The number of nitrogens with one attached hydrogen (secondary N) is 1. The highest BCUT2D eigenvalue weighted by atomic mass is 32.1. The topological polar surface area (TPSA) is 34.4 Å². The number of aryl methyl sites for hydroxylation is 2. The molecule has 2 rings (SSSR count). The summed E-state index contributed by atoms with van der Waals surface area (Å²) in [4.78, 5) is 1.16. The molecule has 2 aromatic rings. The summed E-state index contributed by atoms with van der Waals surface area (Å²) in [5.74, 6) is 2.84. The summed E-state index contributed by atoms with van der Waals surface area (Å²) in [7, 11) is 1.70. The van der Waals surface area contributed by atoms with E-state index in [1.54, 1.807) is 18.4 Å². The second-order valence-electron chi connectivity index (χ2n) is 4.23. The lowest BCUT2D eigenvalue weighted by atomic mass is 10.1. The van der Waals surface area contributed by atoms with Crippen LogP contribution >= 0.6 is 11.3 Å². The summed E-state index contributed by atoms with van der Waals surface area (Å²) in [6.07, 6.45) is 0. The summed E-state index contributed by atoms with van der Waals surface area (Å²) in [5.41, 5.74) is 1.18. The van der Waals surface area contributed by atoms with Crippen molar-refractivity contribution < 1.29 is 9.15 Å². The van der Waals surface area contributed by atoms with Crippen molar-refractivity contribution in [1.29, 1.82) is 0 Å². The molecule has 0 saturated carbocycles. The number of furan rings is 1. The first-order valence-electron chi connectivity index (χ1n) is 6.09. The summed E-state index contributed by atoms with van der Waals surface area (Å²) in [5, 5.41) is 5.50. The standard InChI is InChI=1S/C14H19NO2S/c1-5-15-13(12-8-9(2)10(3)17-12)14-11(16-4)6-7-18-14/h6-8,13,15H,5H2,1-4H3. The van der Waals surface area contributed by atoms with Crippen LogP contribution in [-0.4, -0.2) is 13.7 Å². The maximum absolute atomic E-state index is 5.84. The monoisotopic (exact) mass is 265 g/mol. The number of methoxy groups -OCH3 is 1. The van der Waals surface area contributed by atoms with Crippen LogP contribution in [0.25, 0.3) is 0 Å². The summed E-state index contributed by atoms with van der Waals surface area (Å²) in [6, 6.07) is 4.16. The van der Waals surface area contributed by atoms with Crippen molar-refractivity contribution in [3.63, 3.8) is 0 Å². The molecule has 4 heteroatoms. The number of thiophene rings is 1. The average molecular weight is 265 g/mol. The van der Waals surface area contributed by atoms with Gasteiger partial charge in [-0.1, -0.05) is 6.92 Å². The lowest BCUT2D eigenvalue weighted by molar-refractivity contribution is 0.395. The zero-order valence-corrected chi connectivity index (χ0v) is 12.1. The van der Waals surface area contributed by atoms with Crippen molar-refractivity contribution in [3.05, 3.63) is 39.5 Å². The second kappa shape index (κ2) is 5.59. The van der Waals surface area contributed by atoms with E-state index < -0.39 is 0 Å². The predicted molar refractivity (Wildman–Crippen MR) is 74.6 cm³/mol. The van der Waals surface area contributed by atoms with E-state index >= 15 is 0 Å². The van der Waals surface area contributed by atoms with E-state index in [-0.39, 0.29) is 6.04 Å². The third kappa shape index (κ3) is 2.44. The van der Waals surface area contributed by atoms with Crippen LogP contribution < -0.4 is 10.1 Å². The molecule has 1 N–H and O–H groups in total. The van der Waals surface area contributed by atoms with Gasteiger partial charge >= 0.3 is 0 Å². The number of ether oxygens (including phenoxy) is 1. The van der Waals surface area contributed by atoms with Crippen LogP contribution in [0.15, 0.2) is 21.9 Å². The van der Waals surface area contributed by atoms with E-state index in [1.165, 1.54) is 5.56 Å². The highest BCUT2D eigenvalue weighted by Gasteiger charge is 2.22. The molecule has 0 saturated heterocycles. The molecular weight excluding hydrogens is 246 g/mol. The third-order valence-electron chi connectivity index (χ3n) is 3.02. The molecule has 0 aliphatic carbocycles. The van der Waals surface area contributed by atoms with Gasteiger partial charge in [0.15, 0.2) is 0 Å². The molecule has 0 aliphatic heterocycles. The van der Waals surface area contributed by atoms with Crippen LogP contribution in [0.5, 0.6) is 5.75 Å². The van der Waals surface area contributed by atoms with Crippen molar-refractivity contribution in [3.8, 4) is 5.75 Å². The van der Waals surface area contributed by atoms with Crippen molar-refractivity contribution >= 4 is 11.3 Å². The van der Waals surface area contributed by atoms with Gasteiger partial charge in [-0.05, 0) is 43.5 Å². The Kier molecular flexibility index (Phi) is 4.09. The molecule has 2 heterocycles. The molecule has 2 aromatic heterocycles. The van der Waals surface area contributed by atoms with Gasteiger partial charge in [0.1, 0.15) is 23.3 Å². The molecule has 0 bridgehead atoms. The molecule has 0 radical (unpaired) electrons.